The predicted molar refractivity (Wildman–Crippen MR) is 114 cm³/mol. The minimum Gasteiger partial charge on any atom is -0.378 e. The van der Waals surface area contributed by atoms with E-state index >= 15 is 0 Å². The number of hydrogen-bond donors (Lipinski definition) is 0. The van der Waals surface area contributed by atoms with Crippen molar-refractivity contribution >= 4 is 0 Å². The van der Waals surface area contributed by atoms with Gasteiger partial charge in [0.15, 0.2) is 0 Å². The second-order valence-corrected chi connectivity index (χ2v) is 9.79. The van der Waals surface area contributed by atoms with Crippen LogP contribution < -0.4 is 0 Å². The lowest BCUT2D eigenvalue weighted by Crippen LogP contribution is -2.49. The molecule has 4 heteroatoms. The molecule has 0 aromatic carbocycles. The number of likely N-dealkylation sites (tertiary alicyclic amines) is 2. The van der Waals surface area contributed by atoms with Crippen LogP contribution in [0.25, 0.3) is 0 Å². The van der Waals surface area contributed by atoms with Crippen LogP contribution in [0.3, 0.4) is 0 Å². The summed E-state index contributed by atoms with van der Waals surface area (Å²) in [6, 6.07) is 1.30. The van der Waals surface area contributed by atoms with Crippen molar-refractivity contribution in [1.82, 2.24) is 9.80 Å². The minimum absolute atomic E-state index is 0.315. The molecule has 0 bridgehead atoms. The summed E-state index contributed by atoms with van der Waals surface area (Å²) in [6.45, 7) is 22.5. The van der Waals surface area contributed by atoms with Crippen molar-refractivity contribution in [3.63, 3.8) is 0 Å². The highest BCUT2D eigenvalue weighted by molar-refractivity contribution is 4.86. The second-order valence-electron chi connectivity index (χ2n) is 9.79. The molecule has 0 aromatic heterocycles. The highest BCUT2D eigenvalue weighted by Gasteiger charge is 2.34. The average Bonchev–Trinajstić information content (AvgIpc) is 3.08. The van der Waals surface area contributed by atoms with Crippen molar-refractivity contribution in [3.8, 4) is 0 Å². The second kappa shape index (κ2) is 11.1. The Labute approximate surface area is 169 Å². The van der Waals surface area contributed by atoms with Crippen molar-refractivity contribution in [3.05, 3.63) is 0 Å². The first-order chi connectivity index (χ1) is 12.8. The Hall–Kier alpha value is -0.160. The third-order valence-electron chi connectivity index (χ3n) is 6.77. The van der Waals surface area contributed by atoms with Gasteiger partial charge in [0.05, 0.1) is 18.8 Å². The summed E-state index contributed by atoms with van der Waals surface area (Å²) >= 11 is 0. The van der Waals surface area contributed by atoms with E-state index in [-0.39, 0.29) is 0 Å². The van der Waals surface area contributed by atoms with E-state index in [1.807, 2.05) is 0 Å². The van der Waals surface area contributed by atoms with E-state index in [0.29, 0.717) is 36.1 Å². The zero-order chi connectivity index (χ0) is 20.0. The van der Waals surface area contributed by atoms with Gasteiger partial charge < -0.3 is 19.3 Å². The molecule has 2 saturated heterocycles. The smallest absolute Gasteiger partial charge is 0.0590 e. The normalized spacial score (nSPS) is 29.3. The van der Waals surface area contributed by atoms with Crippen LogP contribution in [0.5, 0.6) is 0 Å². The molecule has 0 saturated carbocycles. The first-order valence-corrected chi connectivity index (χ1v) is 11.5. The quantitative estimate of drug-likeness (QED) is 0.563. The van der Waals surface area contributed by atoms with E-state index in [1.54, 1.807) is 0 Å². The molecule has 2 rings (SSSR count). The van der Waals surface area contributed by atoms with Crippen LogP contribution in [0.1, 0.15) is 67.7 Å². The molecule has 4 unspecified atom stereocenters. The van der Waals surface area contributed by atoms with Gasteiger partial charge in [-0.25, -0.2) is 0 Å². The van der Waals surface area contributed by atoms with Crippen molar-refractivity contribution in [1.29, 1.82) is 0 Å². The van der Waals surface area contributed by atoms with Crippen molar-refractivity contribution < 1.29 is 9.47 Å². The Bertz CT molecular complexity index is 413. The zero-order valence-electron chi connectivity index (χ0n) is 19.1. The molecule has 27 heavy (non-hydrogen) atoms. The van der Waals surface area contributed by atoms with Crippen LogP contribution >= 0.6 is 0 Å². The summed E-state index contributed by atoms with van der Waals surface area (Å²) in [6.07, 6.45) is 4.41. The van der Waals surface area contributed by atoms with Crippen LogP contribution in [0.4, 0.5) is 0 Å². The van der Waals surface area contributed by atoms with Crippen LogP contribution in [0.2, 0.25) is 0 Å². The maximum atomic E-state index is 6.40. The van der Waals surface area contributed by atoms with Gasteiger partial charge in [-0.3, -0.25) is 0 Å². The van der Waals surface area contributed by atoms with Crippen LogP contribution in [-0.2, 0) is 9.47 Å². The Morgan fingerprint density at radius 1 is 0.815 bits per heavy atom. The Kier molecular flexibility index (Phi) is 9.54. The van der Waals surface area contributed by atoms with Gasteiger partial charge in [0.1, 0.15) is 0 Å². The summed E-state index contributed by atoms with van der Waals surface area (Å²) in [7, 11) is 0. The summed E-state index contributed by atoms with van der Waals surface area (Å²) in [5.74, 6) is 2.02. The standard InChI is InChI=1S/C23H46N2O2/c1-17(2)24-11-8-21(14-24)10-13-26-20(7)23-15-25(18(3)4)12-9-22(23)16-27-19(5)6/h17-23H,8-16H2,1-7H3. The monoisotopic (exact) mass is 382 g/mol. The fraction of sp³-hybridized carbons (Fsp3) is 1.00. The first kappa shape index (κ1) is 23.1. The van der Waals surface area contributed by atoms with Gasteiger partial charge >= 0.3 is 0 Å². The Balaban J connectivity index is 1.81. The average molecular weight is 383 g/mol. The third kappa shape index (κ3) is 7.30. The predicted octanol–water partition coefficient (Wildman–Crippen LogP) is 4.28. The van der Waals surface area contributed by atoms with Gasteiger partial charge in [0, 0.05) is 37.7 Å². The maximum absolute atomic E-state index is 6.40. The van der Waals surface area contributed by atoms with Crippen molar-refractivity contribution in [2.75, 3.05) is 39.4 Å². The molecule has 0 amide bonds. The molecule has 4 nitrogen and oxygen atoms in total. The van der Waals surface area contributed by atoms with Crippen LogP contribution in [-0.4, -0.2) is 73.5 Å². The molecule has 2 heterocycles. The fourth-order valence-corrected chi connectivity index (χ4v) is 4.69. The van der Waals surface area contributed by atoms with Gasteiger partial charge in [0.25, 0.3) is 0 Å². The topological polar surface area (TPSA) is 24.9 Å². The molecule has 0 radical (unpaired) electrons. The van der Waals surface area contributed by atoms with Crippen LogP contribution in [0.15, 0.2) is 0 Å². The highest BCUT2D eigenvalue weighted by atomic mass is 16.5. The molecule has 160 valence electrons. The van der Waals surface area contributed by atoms with Crippen molar-refractivity contribution in [2.24, 2.45) is 17.8 Å². The number of ether oxygens (including phenoxy) is 2. The van der Waals surface area contributed by atoms with Gasteiger partial charge in [-0.2, -0.15) is 0 Å². The molecule has 0 aliphatic carbocycles. The van der Waals surface area contributed by atoms with E-state index in [9.17, 15) is 0 Å². The van der Waals surface area contributed by atoms with Gasteiger partial charge in [-0.1, -0.05) is 0 Å². The van der Waals surface area contributed by atoms with Crippen molar-refractivity contribution in [2.45, 2.75) is 92.0 Å². The first-order valence-electron chi connectivity index (χ1n) is 11.5. The van der Waals surface area contributed by atoms with E-state index in [4.69, 9.17) is 9.47 Å². The molecule has 2 fully saturated rings. The van der Waals surface area contributed by atoms with Gasteiger partial charge in [-0.05, 0) is 92.7 Å². The van der Waals surface area contributed by atoms with E-state index in [2.05, 4.69) is 58.3 Å². The molecule has 2 aliphatic heterocycles. The summed E-state index contributed by atoms with van der Waals surface area (Å²) in [5.41, 5.74) is 0. The number of rotatable bonds is 10. The van der Waals surface area contributed by atoms with E-state index < -0.39 is 0 Å². The van der Waals surface area contributed by atoms with Crippen LogP contribution in [0, 0.1) is 17.8 Å². The third-order valence-corrected chi connectivity index (χ3v) is 6.77. The van der Waals surface area contributed by atoms with E-state index in [1.165, 1.54) is 38.9 Å². The molecule has 2 aliphatic rings. The zero-order valence-corrected chi connectivity index (χ0v) is 19.1. The summed E-state index contributed by atoms with van der Waals surface area (Å²) in [4.78, 5) is 5.23. The number of nitrogens with zero attached hydrogens (tertiary/aromatic N) is 2. The summed E-state index contributed by atoms with van der Waals surface area (Å²) in [5, 5.41) is 0. The lowest BCUT2D eigenvalue weighted by Gasteiger charge is -2.43. The molecule has 0 N–H and O–H groups in total. The van der Waals surface area contributed by atoms with Gasteiger partial charge in [0.2, 0.25) is 0 Å². The summed E-state index contributed by atoms with van der Waals surface area (Å²) < 4.78 is 12.4. The van der Waals surface area contributed by atoms with E-state index in [0.717, 1.165) is 25.7 Å². The largest absolute Gasteiger partial charge is 0.378 e. The molecule has 0 spiro atoms. The van der Waals surface area contributed by atoms with Gasteiger partial charge in [-0.15, -0.1) is 0 Å². The lowest BCUT2D eigenvalue weighted by atomic mass is 9.82. The molecular weight excluding hydrogens is 336 g/mol. The lowest BCUT2D eigenvalue weighted by molar-refractivity contribution is -0.0645. The fourth-order valence-electron chi connectivity index (χ4n) is 4.69. The Morgan fingerprint density at radius 3 is 2.04 bits per heavy atom. The number of hydrogen-bond acceptors (Lipinski definition) is 4. The molecular formula is C23H46N2O2. The maximum Gasteiger partial charge on any atom is 0.0590 e. The molecule has 4 atom stereocenters. The minimum atomic E-state index is 0.315. The SMILES string of the molecule is CC(C)OCC1CCN(C(C)C)CC1C(C)OCCC1CCN(C(C)C)C1. The number of piperidine rings is 1. The highest BCUT2D eigenvalue weighted by Crippen LogP contribution is 2.30. The Morgan fingerprint density at radius 2 is 1.44 bits per heavy atom. The molecule has 0 aromatic rings.